The highest BCUT2D eigenvalue weighted by atomic mass is 16.5. The van der Waals surface area contributed by atoms with Gasteiger partial charge in [-0.05, 0) is 23.3 Å². The minimum Gasteiger partial charge on any atom is -0.469 e. The third-order valence-electron chi connectivity index (χ3n) is 4.67. The number of aromatic nitrogens is 4. The lowest BCUT2D eigenvalue weighted by molar-refractivity contribution is -0.139. The van der Waals surface area contributed by atoms with E-state index in [2.05, 4.69) is 43.3 Å². The summed E-state index contributed by atoms with van der Waals surface area (Å²) < 4.78 is 5.88. The number of aryl methyl sites for hydroxylation is 1. The highest BCUT2D eigenvalue weighted by Gasteiger charge is 2.16. The van der Waals surface area contributed by atoms with Gasteiger partial charge in [0, 0.05) is 6.54 Å². The van der Waals surface area contributed by atoms with E-state index in [0.717, 1.165) is 16.3 Å². The van der Waals surface area contributed by atoms with Crippen molar-refractivity contribution in [3.63, 3.8) is 0 Å². The number of H-pyrrole nitrogens is 1. The molecule has 28 heavy (non-hydrogen) atoms. The summed E-state index contributed by atoms with van der Waals surface area (Å²) in [6.45, 7) is 2.21. The molecule has 0 fully saturated rings. The van der Waals surface area contributed by atoms with Crippen molar-refractivity contribution < 1.29 is 9.53 Å². The first-order valence-electron chi connectivity index (χ1n) is 8.82. The number of methoxy groups -OCH3 is 1. The number of hydrogen-bond donors (Lipinski definition) is 2. The van der Waals surface area contributed by atoms with Crippen LogP contribution in [0.2, 0.25) is 0 Å². The Hall–Kier alpha value is -3.68. The fourth-order valence-electron chi connectivity index (χ4n) is 3.18. The fraction of sp³-hybridized carbons (Fsp3) is 0.200. The molecule has 0 amide bonds. The average Bonchev–Trinajstić information content (AvgIpc) is 3.12. The molecule has 8 heteroatoms. The maximum Gasteiger partial charge on any atom is 0.310 e. The molecule has 0 saturated heterocycles. The van der Waals surface area contributed by atoms with Crippen LogP contribution in [0.3, 0.4) is 0 Å². The second-order valence-corrected chi connectivity index (χ2v) is 6.43. The van der Waals surface area contributed by atoms with Gasteiger partial charge >= 0.3 is 5.97 Å². The Kier molecular flexibility index (Phi) is 4.52. The molecule has 0 unspecified atom stereocenters. The predicted octanol–water partition coefficient (Wildman–Crippen LogP) is 2.21. The van der Waals surface area contributed by atoms with E-state index < -0.39 is 5.97 Å². The first-order valence-corrected chi connectivity index (χ1v) is 8.82. The van der Waals surface area contributed by atoms with Crippen LogP contribution in [0.1, 0.15) is 16.8 Å². The molecule has 0 aliphatic heterocycles. The molecule has 4 aromatic rings. The van der Waals surface area contributed by atoms with Crippen molar-refractivity contribution in [1.82, 2.24) is 19.6 Å². The van der Waals surface area contributed by atoms with Crippen LogP contribution in [0.5, 0.6) is 0 Å². The summed E-state index contributed by atoms with van der Waals surface area (Å²) in [5.74, 6) is 0.180. The number of fused-ring (bicyclic) bond motifs is 2. The van der Waals surface area contributed by atoms with Crippen molar-refractivity contribution in [2.24, 2.45) is 0 Å². The highest BCUT2D eigenvalue weighted by molar-refractivity contribution is 5.85. The molecule has 2 heterocycles. The SMILES string of the molecule is COC(=O)Cc1c(C)nc2nc(NCc3cccc4ccccc34)[nH]n2c1=O. The number of ether oxygens (including phenoxy) is 1. The number of nitrogens with one attached hydrogen (secondary N) is 2. The summed E-state index contributed by atoms with van der Waals surface area (Å²) in [6, 6.07) is 14.3. The van der Waals surface area contributed by atoms with Gasteiger partial charge in [0.2, 0.25) is 5.95 Å². The maximum atomic E-state index is 12.7. The molecule has 0 atom stereocenters. The predicted molar refractivity (Wildman–Crippen MR) is 105 cm³/mol. The molecule has 0 saturated carbocycles. The van der Waals surface area contributed by atoms with Crippen molar-refractivity contribution >= 4 is 28.5 Å². The summed E-state index contributed by atoms with van der Waals surface area (Å²) in [4.78, 5) is 32.9. The third-order valence-corrected chi connectivity index (χ3v) is 4.67. The largest absolute Gasteiger partial charge is 0.469 e. The number of hydrogen-bond acceptors (Lipinski definition) is 6. The summed E-state index contributed by atoms with van der Waals surface area (Å²) in [5, 5.41) is 8.42. The van der Waals surface area contributed by atoms with E-state index in [4.69, 9.17) is 0 Å². The number of benzene rings is 2. The van der Waals surface area contributed by atoms with Gasteiger partial charge in [-0.15, -0.1) is 0 Å². The van der Waals surface area contributed by atoms with Crippen LogP contribution in [0.15, 0.2) is 47.3 Å². The Bertz CT molecular complexity index is 1240. The molecule has 2 aromatic carbocycles. The Morgan fingerprint density at radius 2 is 1.96 bits per heavy atom. The number of rotatable bonds is 5. The quantitative estimate of drug-likeness (QED) is 0.517. The van der Waals surface area contributed by atoms with Crippen molar-refractivity contribution in [3.8, 4) is 0 Å². The minimum atomic E-state index is -0.490. The van der Waals surface area contributed by atoms with Crippen LogP contribution in [-0.4, -0.2) is 32.7 Å². The second kappa shape index (κ2) is 7.15. The highest BCUT2D eigenvalue weighted by Crippen LogP contribution is 2.19. The summed E-state index contributed by atoms with van der Waals surface area (Å²) in [7, 11) is 1.28. The summed E-state index contributed by atoms with van der Waals surface area (Å²) >= 11 is 0. The fourth-order valence-corrected chi connectivity index (χ4v) is 3.18. The van der Waals surface area contributed by atoms with E-state index >= 15 is 0 Å². The second-order valence-electron chi connectivity index (χ2n) is 6.43. The molecule has 142 valence electrons. The molecule has 0 aliphatic rings. The normalized spacial score (nSPS) is 11.1. The van der Waals surface area contributed by atoms with E-state index in [1.807, 2.05) is 24.3 Å². The molecule has 0 radical (unpaired) electrons. The number of nitrogens with zero attached hydrogens (tertiary/aromatic N) is 3. The van der Waals surface area contributed by atoms with Crippen LogP contribution in [0.4, 0.5) is 5.95 Å². The molecule has 2 aromatic heterocycles. The third kappa shape index (κ3) is 3.20. The van der Waals surface area contributed by atoms with Gasteiger partial charge in [-0.2, -0.15) is 9.50 Å². The lowest BCUT2D eigenvalue weighted by Gasteiger charge is -2.07. The number of carbonyl (C=O) groups excluding carboxylic acids is 1. The van der Waals surface area contributed by atoms with Gasteiger partial charge in [-0.25, -0.2) is 4.98 Å². The van der Waals surface area contributed by atoms with Gasteiger partial charge in [-0.3, -0.25) is 14.7 Å². The van der Waals surface area contributed by atoms with E-state index in [1.54, 1.807) is 6.92 Å². The zero-order valence-electron chi connectivity index (χ0n) is 15.5. The molecule has 4 rings (SSSR count). The topological polar surface area (TPSA) is 101 Å². The lowest BCUT2D eigenvalue weighted by Crippen LogP contribution is -2.24. The van der Waals surface area contributed by atoms with Crippen LogP contribution in [-0.2, 0) is 22.5 Å². The number of esters is 1. The van der Waals surface area contributed by atoms with Crippen molar-refractivity contribution in [2.75, 3.05) is 12.4 Å². The molecule has 0 bridgehead atoms. The van der Waals surface area contributed by atoms with E-state index in [9.17, 15) is 9.59 Å². The van der Waals surface area contributed by atoms with Gasteiger partial charge in [-0.1, -0.05) is 42.5 Å². The number of aromatic amines is 1. The van der Waals surface area contributed by atoms with Gasteiger partial charge in [0.25, 0.3) is 11.3 Å². The molecule has 0 aliphatic carbocycles. The van der Waals surface area contributed by atoms with Crippen LogP contribution >= 0.6 is 0 Å². The van der Waals surface area contributed by atoms with Gasteiger partial charge in [0.05, 0.1) is 24.8 Å². The molecule has 8 nitrogen and oxygen atoms in total. The standard InChI is InChI=1S/C20H19N5O3/c1-12-16(10-17(26)28-2)18(27)25-20(22-12)23-19(24-25)21-11-14-8-5-7-13-6-3-4-9-15(13)14/h3-9H,10-11H2,1-2H3,(H2,21,22,23,24). The smallest absolute Gasteiger partial charge is 0.310 e. The van der Waals surface area contributed by atoms with Crippen molar-refractivity contribution in [1.29, 1.82) is 0 Å². The first-order chi connectivity index (χ1) is 13.6. The molecule has 0 spiro atoms. The van der Waals surface area contributed by atoms with Gasteiger partial charge in [0.15, 0.2) is 0 Å². The monoisotopic (exact) mass is 377 g/mol. The Morgan fingerprint density at radius 3 is 2.79 bits per heavy atom. The minimum absolute atomic E-state index is 0.130. The maximum absolute atomic E-state index is 12.7. The van der Waals surface area contributed by atoms with Gasteiger partial charge < -0.3 is 10.1 Å². The lowest BCUT2D eigenvalue weighted by atomic mass is 10.0. The van der Waals surface area contributed by atoms with E-state index in [-0.39, 0.29) is 23.3 Å². The number of carbonyl (C=O) groups is 1. The number of anilines is 1. The van der Waals surface area contributed by atoms with Crippen LogP contribution in [0, 0.1) is 6.92 Å². The van der Waals surface area contributed by atoms with Crippen molar-refractivity contribution in [3.05, 3.63) is 69.6 Å². The van der Waals surface area contributed by atoms with Crippen molar-refractivity contribution in [2.45, 2.75) is 19.9 Å². The zero-order chi connectivity index (χ0) is 19.7. The molecular weight excluding hydrogens is 358 g/mol. The Balaban J connectivity index is 1.64. The molecular formula is C20H19N5O3. The Labute approximate surface area is 160 Å². The van der Waals surface area contributed by atoms with Crippen LogP contribution < -0.4 is 10.9 Å². The molecule has 2 N–H and O–H groups in total. The summed E-state index contributed by atoms with van der Waals surface area (Å²) in [5.41, 5.74) is 1.50. The summed E-state index contributed by atoms with van der Waals surface area (Å²) in [6.07, 6.45) is -0.130. The van der Waals surface area contributed by atoms with Crippen LogP contribution in [0.25, 0.3) is 16.6 Å². The first kappa shape index (κ1) is 17.7. The van der Waals surface area contributed by atoms with Gasteiger partial charge in [0.1, 0.15) is 0 Å². The Morgan fingerprint density at radius 1 is 1.18 bits per heavy atom. The van der Waals surface area contributed by atoms with E-state index in [0.29, 0.717) is 18.2 Å². The van der Waals surface area contributed by atoms with E-state index in [1.165, 1.54) is 11.6 Å². The average molecular weight is 377 g/mol. The zero-order valence-corrected chi connectivity index (χ0v) is 15.5.